The second-order valence-corrected chi connectivity index (χ2v) is 5.10. The van der Waals surface area contributed by atoms with Gasteiger partial charge in [-0.25, -0.2) is 0 Å². The number of guanidine groups is 1. The van der Waals surface area contributed by atoms with Crippen LogP contribution in [0.3, 0.4) is 0 Å². The van der Waals surface area contributed by atoms with Gasteiger partial charge in [0, 0.05) is 11.6 Å². The van der Waals surface area contributed by atoms with Crippen LogP contribution < -0.4 is 16.8 Å². The zero-order valence-electron chi connectivity index (χ0n) is 9.92. The first-order valence-corrected chi connectivity index (χ1v) is 5.83. The van der Waals surface area contributed by atoms with E-state index in [1.54, 1.807) is 0 Å². The van der Waals surface area contributed by atoms with Gasteiger partial charge in [-0.1, -0.05) is 19.3 Å². The molecule has 5 N–H and O–H groups in total. The van der Waals surface area contributed by atoms with Crippen LogP contribution in [0.1, 0.15) is 46.0 Å². The van der Waals surface area contributed by atoms with Crippen LogP contribution in [0.2, 0.25) is 0 Å². The molecule has 0 spiro atoms. The Morgan fingerprint density at radius 3 is 2.40 bits per heavy atom. The minimum atomic E-state index is -0.00794. The SMILES string of the molecule is CC(C)(CN=C(N)N)NC1CCCCC1. The van der Waals surface area contributed by atoms with Crippen LogP contribution in [-0.2, 0) is 0 Å². The molecule has 1 aliphatic rings. The number of rotatable bonds is 4. The van der Waals surface area contributed by atoms with Crippen LogP contribution in [0.4, 0.5) is 0 Å². The Balaban J connectivity index is 2.36. The lowest BCUT2D eigenvalue weighted by molar-refractivity contribution is 0.285. The first-order valence-electron chi connectivity index (χ1n) is 5.83. The lowest BCUT2D eigenvalue weighted by Crippen LogP contribution is -2.49. The van der Waals surface area contributed by atoms with E-state index in [0.29, 0.717) is 12.6 Å². The summed E-state index contributed by atoms with van der Waals surface area (Å²) < 4.78 is 0. The average molecular weight is 212 g/mol. The summed E-state index contributed by atoms with van der Waals surface area (Å²) in [5.74, 6) is 0.175. The summed E-state index contributed by atoms with van der Waals surface area (Å²) in [5.41, 5.74) is 10.7. The Morgan fingerprint density at radius 2 is 1.87 bits per heavy atom. The van der Waals surface area contributed by atoms with E-state index in [2.05, 4.69) is 24.2 Å². The van der Waals surface area contributed by atoms with Crippen molar-refractivity contribution in [1.29, 1.82) is 0 Å². The van der Waals surface area contributed by atoms with Crippen LogP contribution in [0.15, 0.2) is 4.99 Å². The van der Waals surface area contributed by atoms with E-state index >= 15 is 0 Å². The number of nitrogens with zero attached hydrogens (tertiary/aromatic N) is 1. The average Bonchev–Trinajstić information content (AvgIpc) is 2.16. The molecule has 4 heteroatoms. The molecule has 4 nitrogen and oxygen atoms in total. The third kappa shape index (κ3) is 5.02. The normalized spacial score (nSPS) is 18.8. The fourth-order valence-electron chi connectivity index (χ4n) is 2.13. The third-order valence-corrected chi connectivity index (χ3v) is 2.86. The first-order chi connectivity index (χ1) is 6.99. The van der Waals surface area contributed by atoms with Crippen molar-refractivity contribution in [3.05, 3.63) is 0 Å². The lowest BCUT2D eigenvalue weighted by Gasteiger charge is -2.32. The van der Waals surface area contributed by atoms with Gasteiger partial charge in [-0.05, 0) is 26.7 Å². The predicted octanol–water partition coefficient (Wildman–Crippen LogP) is 0.961. The summed E-state index contributed by atoms with van der Waals surface area (Å²) in [7, 11) is 0. The number of aliphatic imine (C=N–C) groups is 1. The number of hydrogen-bond acceptors (Lipinski definition) is 2. The summed E-state index contributed by atoms with van der Waals surface area (Å²) in [6.07, 6.45) is 6.63. The molecule has 0 aromatic heterocycles. The van der Waals surface area contributed by atoms with Crippen molar-refractivity contribution in [2.75, 3.05) is 6.54 Å². The Hall–Kier alpha value is -0.770. The summed E-state index contributed by atoms with van der Waals surface area (Å²) in [4.78, 5) is 4.07. The van der Waals surface area contributed by atoms with Crippen molar-refractivity contribution in [3.63, 3.8) is 0 Å². The maximum atomic E-state index is 5.33. The molecule has 0 unspecified atom stereocenters. The van der Waals surface area contributed by atoms with Gasteiger partial charge in [-0.3, -0.25) is 4.99 Å². The van der Waals surface area contributed by atoms with E-state index in [1.165, 1.54) is 32.1 Å². The highest BCUT2D eigenvalue weighted by Gasteiger charge is 2.23. The van der Waals surface area contributed by atoms with Gasteiger partial charge in [0.25, 0.3) is 0 Å². The summed E-state index contributed by atoms with van der Waals surface area (Å²) >= 11 is 0. The van der Waals surface area contributed by atoms with Crippen molar-refractivity contribution < 1.29 is 0 Å². The molecule has 15 heavy (non-hydrogen) atoms. The zero-order valence-corrected chi connectivity index (χ0v) is 9.92. The molecule has 0 amide bonds. The molecule has 0 radical (unpaired) electrons. The van der Waals surface area contributed by atoms with E-state index < -0.39 is 0 Å². The Labute approximate surface area is 92.5 Å². The van der Waals surface area contributed by atoms with Gasteiger partial charge < -0.3 is 16.8 Å². The molecule has 0 saturated heterocycles. The van der Waals surface area contributed by atoms with Gasteiger partial charge in [0.1, 0.15) is 0 Å². The largest absolute Gasteiger partial charge is 0.370 e. The van der Waals surface area contributed by atoms with E-state index in [-0.39, 0.29) is 11.5 Å². The maximum absolute atomic E-state index is 5.33. The van der Waals surface area contributed by atoms with Crippen LogP contribution in [0, 0.1) is 0 Å². The predicted molar refractivity (Wildman–Crippen MR) is 64.8 cm³/mol. The number of hydrogen-bond donors (Lipinski definition) is 3. The first kappa shape index (κ1) is 12.3. The van der Waals surface area contributed by atoms with E-state index in [0.717, 1.165) is 0 Å². The van der Waals surface area contributed by atoms with Crippen molar-refractivity contribution in [3.8, 4) is 0 Å². The molecule has 1 saturated carbocycles. The minimum absolute atomic E-state index is 0.00794. The van der Waals surface area contributed by atoms with Crippen molar-refractivity contribution in [1.82, 2.24) is 5.32 Å². The van der Waals surface area contributed by atoms with Gasteiger partial charge in [0.2, 0.25) is 0 Å². The fraction of sp³-hybridized carbons (Fsp3) is 0.909. The molecule has 88 valence electrons. The summed E-state index contributed by atoms with van der Waals surface area (Å²) in [5, 5.41) is 3.63. The lowest BCUT2D eigenvalue weighted by atomic mass is 9.92. The molecular weight excluding hydrogens is 188 g/mol. The second-order valence-electron chi connectivity index (χ2n) is 5.10. The molecule has 0 heterocycles. The van der Waals surface area contributed by atoms with Crippen LogP contribution in [-0.4, -0.2) is 24.1 Å². The van der Waals surface area contributed by atoms with Crippen LogP contribution in [0.5, 0.6) is 0 Å². The van der Waals surface area contributed by atoms with Gasteiger partial charge in [-0.15, -0.1) is 0 Å². The smallest absolute Gasteiger partial charge is 0.185 e. The molecule has 0 atom stereocenters. The zero-order chi connectivity index (χ0) is 11.3. The molecular formula is C11H24N4. The maximum Gasteiger partial charge on any atom is 0.185 e. The summed E-state index contributed by atoms with van der Waals surface area (Å²) in [6, 6.07) is 0.642. The highest BCUT2D eigenvalue weighted by molar-refractivity contribution is 5.75. The number of nitrogens with one attached hydrogen (secondary N) is 1. The van der Waals surface area contributed by atoms with Crippen LogP contribution >= 0.6 is 0 Å². The van der Waals surface area contributed by atoms with Crippen molar-refractivity contribution in [2.45, 2.75) is 57.5 Å². The topological polar surface area (TPSA) is 76.4 Å². The van der Waals surface area contributed by atoms with Crippen molar-refractivity contribution in [2.24, 2.45) is 16.5 Å². The molecule has 0 aromatic rings. The van der Waals surface area contributed by atoms with Crippen molar-refractivity contribution >= 4 is 5.96 Å². The highest BCUT2D eigenvalue weighted by Crippen LogP contribution is 2.19. The summed E-state index contributed by atoms with van der Waals surface area (Å²) in [6.45, 7) is 4.94. The Kier molecular flexibility index (Phi) is 4.39. The standard InChI is InChI=1S/C11H24N4/c1-11(2,8-14-10(12)13)15-9-6-4-3-5-7-9/h9,15H,3-8H2,1-2H3,(H4,12,13,14). The third-order valence-electron chi connectivity index (χ3n) is 2.86. The molecule has 0 aromatic carbocycles. The van der Waals surface area contributed by atoms with E-state index in [9.17, 15) is 0 Å². The van der Waals surface area contributed by atoms with Gasteiger partial charge >= 0.3 is 0 Å². The monoisotopic (exact) mass is 212 g/mol. The van der Waals surface area contributed by atoms with Gasteiger partial charge in [-0.2, -0.15) is 0 Å². The molecule has 0 bridgehead atoms. The van der Waals surface area contributed by atoms with E-state index in [1.807, 2.05) is 0 Å². The quantitative estimate of drug-likeness (QED) is 0.480. The van der Waals surface area contributed by atoms with E-state index in [4.69, 9.17) is 11.5 Å². The highest BCUT2D eigenvalue weighted by atomic mass is 15.1. The molecule has 1 rings (SSSR count). The van der Waals surface area contributed by atoms with Gasteiger partial charge in [0.05, 0.1) is 6.54 Å². The van der Waals surface area contributed by atoms with Crippen LogP contribution in [0.25, 0.3) is 0 Å². The molecule has 1 aliphatic carbocycles. The Bertz CT molecular complexity index is 213. The Morgan fingerprint density at radius 1 is 1.27 bits per heavy atom. The fourth-order valence-corrected chi connectivity index (χ4v) is 2.13. The van der Waals surface area contributed by atoms with Gasteiger partial charge in [0.15, 0.2) is 5.96 Å². The number of nitrogens with two attached hydrogens (primary N) is 2. The minimum Gasteiger partial charge on any atom is -0.370 e. The second kappa shape index (κ2) is 5.35. The molecule has 1 fully saturated rings. The molecule has 0 aliphatic heterocycles.